The number of aliphatic hydroxyl groups excluding tert-OH is 2. The molecule has 6 nitrogen and oxygen atoms in total. The fraction of sp³-hybridized carbons (Fsp3) is 0.368. The molecule has 2 aromatic rings. The van der Waals surface area contributed by atoms with Crippen molar-refractivity contribution >= 4 is 0 Å². The van der Waals surface area contributed by atoms with Crippen LogP contribution in [0.5, 0.6) is 23.0 Å². The van der Waals surface area contributed by atoms with Crippen molar-refractivity contribution in [2.24, 2.45) is 0 Å². The normalized spacial score (nSPS) is 10.4. The second-order valence-electron chi connectivity index (χ2n) is 6.03. The first kappa shape index (κ1) is 20.6. The lowest BCUT2D eigenvalue weighted by atomic mass is 9.98. The molecule has 25 heavy (non-hydrogen) atoms. The Morgan fingerprint density at radius 3 is 1.52 bits per heavy atom. The van der Waals surface area contributed by atoms with Crippen LogP contribution in [0.4, 0.5) is 0 Å². The zero-order valence-corrected chi connectivity index (χ0v) is 15.2. The van der Waals surface area contributed by atoms with Crippen LogP contribution in [-0.4, -0.2) is 30.6 Å². The Hall–Kier alpha value is -2.44. The lowest BCUT2D eigenvalue weighted by Crippen LogP contribution is -1.95. The Morgan fingerprint density at radius 2 is 1.04 bits per heavy atom. The predicted molar refractivity (Wildman–Crippen MR) is 95.1 cm³/mol. The number of aryl methyl sites for hydroxylation is 1. The van der Waals surface area contributed by atoms with Crippen molar-refractivity contribution in [3.63, 3.8) is 0 Å². The maximum absolute atomic E-state index is 9.61. The van der Waals surface area contributed by atoms with Crippen molar-refractivity contribution in [3.8, 4) is 23.0 Å². The average Bonchev–Trinajstić information content (AvgIpc) is 2.58. The summed E-state index contributed by atoms with van der Waals surface area (Å²) in [5, 5.41) is 55.8. The van der Waals surface area contributed by atoms with Gasteiger partial charge in [0, 0.05) is 16.7 Å². The van der Waals surface area contributed by atoms with Gasteiger partial charge in [0.2, 0.25) is 0 Å². The van der Waals surface area contributed by atoms with Crippen LogP contribution in [0, 0.1) is 34.6 Å². The topological polar surface area (TPSA) is 121 Å². The van der Waals surface area contributed by atoms with E-state index in [-0.39, 0.29) is 36.2 Å². The van der Waals surface area contributed by atoms with Gasteiger partial charge >= 0.3 is 0 Å². The molecule has 0 aliphatic rings. The van der Waals surface area contributed by atoms with Gasteiger partial charge in [0.15, 0.2) is 0 Å². The van der Waals surface area contributed by atoms with E-state index in [4.69, 9.17) is 10.2 Å². The van der Waals surface area contributed by atoms with Crippen molar-refractivity contribution in [1.29, 1.82) is 0 Å². The highest BCUT2D eigenvalue weighted by Gasteiger charge is 2.15. The van der Waals surface area contributed by atoms with E-state index in [1.54, 1.807) is 34.6 Å². The molecule has 0 atom stereocenters. The maximum Gasteiger partial charge on any atom is 0.124 e. The fourth-order valence-corrected chi connectivity index (χ4v) is 2.52. The summed E-state index contributed by atoms with van der Waals surface area (Å²) >= 11 is 0. The lowest BCUT2D eigenvalue weighted by molar-refractivity contribution is 0.273. The zero-order chi connectivity index (χ0) is 19.5. The standard InChI is InChI=1S/C10H14O3.C9H12O3/c1-5-6(2)10(13)8(4-11)7(3)9(5)12;1-5-3-8(11)6(2)7(4-10)9(5)12/h11-13H,4H2,1-3H3;3,10-12H,4H2,1-2H3. The number of rotatable bonds is 2. The molecule has 138 valence electrons. The summed E-state index contributed by atoms with van der Waals surface area (Å²) in [6.07, 6.45) is 0. The van der Waals surface area contributed by atoms with Crippen LogP contribution >= 0.6 is 0 Å². The second-order valence-corrected chi connectivity index (χ2v) is 6.03. The summed E-state index contributed by atoms with van der Waals surface area (Å²) in [5.74, 6) is 0.400. The number of hydrogen-bond donors (Lipinski definition) is 6. The molecule has 0 aromatic heterocycles. The summed E-state index contributed by atoms with van der Waals surface area (Å²) in [5.41, 5.74) is 3.72. The van der Waals surface area contributed by atoms with Crippen molar-refractivity contribution in [2.45, 2.75) is 47.8 Å². The van der Waals surface area contributed by atoms with Crippen LogP contribution in [0.3, 0.4) is 0 Å². The van der Waals surface area contributed by atoms with Gasteiger partial charge in [0.05, 0.1) is 13.2 Å². The molecular weight excluding hydrogens is 324 g/mol. The number of hydrogen-bond acceptors (Lipinski definition) is 6. The largest absolute Gasteiger partial charge is 0.508 e. The quantitative estimate of drug-likeness (QED) is 0.463. The Morgan fingerprint density at radius 1 is 0.600 bits per heavy atom. The van der Waals surface area contributed by atoms with Gasteiger partial charge in [-0.2, -0.15) is 0 Å². The Bertz CT molecular complexity index is 725. The molecule has 0 unspecified atom stereocenters. The Balaban J connectivity index is 0.000000251. The highest BCUT2D eigenvalue weighted by atomic mass is 16.3. The first-order valence-electron chi connectivity index (χ1n) is 7.81. The molecule has 0 fully saturated rings. The Kier molecular flexibility index (Phi) is 6.67. The van der Waals surface area contributed by atoms with Crippen LogP contribution in [0.25, 0.3) is 0 Å². The molecule has 0 amide bonds. The van der Waals surface area contributed by atoms with Crippen molar-refractivity contribution in [2.75, 3.05) is 0 Å². The van der Waals surface area contributed by atoms with E-state index >= 15 is 0 Å². The molecule has 6 N–H and O–H groups in total. The van der Waals surface area contributed by atoms with Crippen LogP contribution in [-0.2, 0) is 13.2 Å². The third-order valence-corrected chi connectivity index (χ3v) is 4.53. The summed E-state index contributed by atoms with van der Waals surface area (Å²) in [6, 6.07) is 1.48. The SMILES string of the molecule is Cc1c(C)c(O)c(CO)c(C)c1O.Cc1cc(O)c(C)c(CO)c1O. The van der Waals surface area contributed by atoms with Gasteiger partial charge in [-0.05, 0) is 62.9 Å². The summed E-state index contributed by atoms with van der Waals surface area (Å²) in [7, 11) is 0. The van der Waals surface area contributed by atoms with Crippen LogP contribution in [0.2, 0.25) is 0 Å². The average molecular weight is 350 g/mol. The van der Waals surface area contributed by atoms with Gasteiger partial charge in [0.1, 0.15) is 23.0 Å². The van der Waals surface area contributed by atoms with E-state index in [0.29, 0.717) is 38.9 Å². The molecule has 0 spiro atoms. The molecule has 2 aromatic carbocycles. The van der Waals surface area contributed by atoms with E-state index in [2.05, 4.69) is 0 Å². The molecule has 2 rings (SSSR count). The first-order chi connectivity index (χ1) is 11.6. The molecule has 0 aliphatic heterocycles. The molecule has 6 heteroatoms. The molecule has 0 heterocycles. The lowest BCUT2D eigenvalue weighted by Gasteiger charge is -2.13. The molecule has 0 saturated heterocycles. The predicted octanol–water partition coefficient (Wildman–Crippen LogP) is 2.72. The number of benzene rings is 2. The summed E-state index contributed by atoms with van der Waals surface area (Å²) < 4.78 is 0. The van der Waals surface area contributed by atoms with E-state index in [1.807, 2.05) is 0 Å². The molecule has 0 bridgehead atoms. The van der Waals surface area contributed by atoms with E-state index in [1.165, 1.54) is 6.07 Å². The zero-order valence-electron chi connectivity index (χ0n) is 15.2. The van der Waals surface area contributed by atoms with Crippen molar-refractivity contribution in [1.82, 2.24) is 0 Å². The smallest absolute Gasteiger partial charge is 0.124 e. The molecule has 0 saturated carbocycles. The number of aliphatic hydroxyl groups is 2. The molecule has 0 radical (unpaired) electrons. The highest BCUT2D eigenvalue weighted by molar-refractivity contribution is 5.56. The van der Waals surface area contributed by atoms with Gasteiger partial charge in [-0.1, -0.05) is 0 Å². The molecule has 0 aliphatic carbocycles. The summed E-state index contributed by atoms with van der Waals surface area (Å²) in [4.78, 5) is 0. The van der Waals surface area contributed by atoms with Gasteiger partial charge < -0.3 is 30.6 Å². The summed E-state index contributed by atoms with van der Waals surface area (Å²) in [6.45, 7) is 7.93. The molecular formula is C19H26O6. The third-order valence-electron chi connectivity index (χ3n) is 4.53. The minimum absolute atomic E-state index is 0.0628. The monoisotopic (exact) mass is 350 g/mol. The van der Waals surface area contributed by atoms with Gasteiger partial charge in [-0.3, -0.25) is 0 Å². The van der Waals surface area contributed by atoms with E-state index in [9.17, 15) is 20.4 Å². The number of phenolic OH excluding ortho intramolecular Hbond substituents is 2. The number of aromatic hydroxyl groups is 4. The minimum Gasteiger partial charge on any atom is -0.508 e. The van der Waals surface area contributed by atoms with Crippen molar-refractivity contribution in [3.05, 3.63) is 45.0 Å². The van der Waals surface area contributed by atoms with Gasteiger partial charge in [0.25, 0.3) is 0 Å². The van der Waals surface area contributed by atoms with Gasteiger partial charge in [-0.15, -0.1) is 0 Å². The van der Waals surface area contributed by atoms with Crippen LogP contribution in [0.15, 0.2) is 6.07 Å². The van der Waals surface area contributed by atoms with Gasteiger partial charge in [-0.25, -0.2) is 0 Å². The fourth-order valence-electron chi connectivity index (χ4n) is 2.52. The highest BCUT2D eigenvalue weighted by Crippen LogP contribution is 2.36. The van der Waals surface area contributed by atoms with Crippen LogP contribution < -0.4 is 0 Å². The third kappa shape index (κ3) is 3.97. The van der Waals surface area contributed by atoms with Crippen molar-refractivity contribution < 1.29 is 30.6 Å². The van der Waals surface area contributed by atoms with E-state index in [0.717, 1.165) is 0 Å². The second kappa shape index (κ2) is 8.09. The first-order valence-corrected chi connectivity index (χ1v) is 7.81. The number of phenols is 4. The Labute approximate surface area is 147 Å². The minimum atomic E-state index is -0.258. The van der Waals surface area contributed by atoms with Crippen LogP contribution in [0.1, 0.15) is 38.9 Å². The van der Waals surface area contributed by atoms with E-state index < -0.39 is 0 Å². The maximum atomic E-state index is 9.61.